The molecule has 1 aromatic rings. The van der Waals surface area contributed by atoms with Gasteiger partial charge in [0.05, 0.1) is 4.92 Å². The topological polar surface area (TPSA) is 55.2 Å². The van der Waals surface area contributed by atoms with Gasteiger partial charge in [-0.25, -0.2) is 0 Å². The van der Waals surface area contributed by atoms with E-state index in [1.165, 1.54) is 0 Å². The Hall–Kier alpha value is -1.42. The maximum absolute atomic E-state index is 11.1. The van der Waals surface area contributed by atoms with Crippen LogP contribution in [0.15, 0.2) is 24.3 Å². The highest BCUT2D eigenvalue weighted by Gasteiger charge is 2.21. The van der Waals surface area contributed by atoms with Crippen LogP contribution < -0.4 is 5.32 Å². The largest absolute Gasteiger partial charge is 0.313 e. The molecule has 0 amide bonds. The Kier molecular flexibility index (Phi) is 7.23. The van der Waals surface area contributed by atoms with Gasteiger partial charge >= 0.3 is 0 Å². The van der Waals surface area contributed by atoms with Gasteiger partial charge in [0.2, 0.25) is 0 Å². The lowest BCUT2D eigenvalue weighted by molar-refractivity contribution is -0.385. The number of para-hydroxylation sites is 1. The number of hydrogen-bond acceptors (Lipinski definition) is 3. The summed E-state index contributed by atoms with van der Waals surface area (Å²) in [6.45, 7) is 7.50. The number of nitrogens with zero attached hydrogens (tertiary/aromatic N) is 1. The van der Waals surface area contributed by atoms with Crippen LogP contribution in [0.2, 0.25) is 0 Å². The highest BCUT2D eigenvalue weighted by molar-refractivity contribution is 5.40. The monoisotopic (exact) mass is 278 g/mol. The van der Waals surface area contributed by atoms with Crippen molar-refractivity contribution in [3.05, 3.63) is 39.9 Å². The highest BCUT2D eigenvalue weighted by atomic mass is 16.6. The number of nitro groups is 1. The van der Waals surface area contributed by atoms with Crippen molar-refractivity contribution in [1.29, 1.82) is 0 Å². The van der Waals surface area contributed by atoms with Gasteiger partial charge in [0.1, 0.15) is 0 Å². The maximum atomic E-state index is 11.1. The van der Waals surface area contributed by atoms with Gasteiger partial charge in [-0.15, -0.1) is 0 Å². The van der Waals surface area contributed by atoms with Crippen molar-refractivity contribution in [2.75, 3.05) is 6.54 Å². The van der Waals surface area contributed by atoms with Crippen LogP contribution in [0.25, 0.3) is 0 Å². The molecule has 0 aromatic heterocycles. The fraction of sp³-hybridized carbons (Fsp3) is 0.625. The Morgan fingerprint density at radius 1 is 1.25 bits per heavy atom. The van der Waals surface area contributed by atoms with Crippen molar-refractivity contribution in [1.82, 2.24) is 5.32 Å². The van der Waals surface area contributed by atoms with Crippen molar-refractivity contribution >= 4 is 5.69 Å². The van der Waals surface area contributed by atoms with Crippen molar-refractivity contribution in [2.24, 2.45) is 5.92 Å². The molecule has 1 rings (SSSR count). The molecule has 112 valence electrons. The predicted molar refractivity (Wildman–Crippen MR) is 83.0 cm³/mol. The van der Waals surface area contributed by atoms with Gasteiger partial charge in [0.15, 0.2) is 0 Å². The van der Waals surface area contributed by atoms with Crippen molar-refractivity contribution in [3.63, 3.8) is 0 Å². The molecule has 0 aliphatic heterocycles. The quantitative estimate of drug-likeness (QED) is 0.550. The summed E-state index contributed by atoms with van der Waals surface area (Å²) in [7, 11) is 0. The molecule has 0 saturated carbocycles. The standard InChI is InChI=1S/C16H26N2O2/c1-4-8-13(3)15(17-11-5-2)12-14-9-6-7-10-16(14)18(19)20/h6-7,9-10,13,15,17H,4-5,8,11-12H2,1-3H3. The molecule has 0 bridgehead atoms. The van der Waals surface area contributed by atoms with Gasteiger partial charge < -0.3 is 5.32 Å². The third-order valence-corrected chi connectivity index (χ3v) is 3.72. The van der Waals surface area contributed by atoms with Crippen LogP contribution in [-0.4, -0.2) is 17.5 Å². The van der Waals surface area contributed by atoms with E-state index in [-0.39, 0.29) is 10.6 Å². The zero-order valence-electron chi connectivity index (χ0n) is 12.8. The lowest BCUT2D eigenvalue weighted by Crippen LogP contribution is -2.37. The third kappa shape index (κ3) is 4.93. The van der Waals surface area contributed by atoms with E-state index in [4.69, 9.17) is 0 Å². The molecular weight excluding hydrogens is 252 g/mol. The molecule has 1 N–H and O–H groups in total. The molecule has 0 saturated heterocycles. The fourth-order valence-corrected chi connectivity index (χ4v) is 2.56. The predicted octanol–water partition coefficient (Wildman–Crippen LogP) is 3.94. The van der Waals surface area contributed by atoms with Crippen molar-refractivity contribution < 1.29 is 4.92 Å². The summed E-state index contributed by atoms with van der Waals surface area (Å²) in [6, 6.07) is 7.37. The molecule has 0 aliphatic carbocycles. The first-order valence-corrected chi connectivity index (χ1v) is 7.55. The summed E-state index contributed by atoms with van der Waals surface area (Å²) in [4.78, 5) is 10.8. The molecule has 4 nitrogen and oxygen atoms in total. The van der Waals surface area contributed by atoms with E-state index in [1.54, 1.807) is 12.1 Å². The van der Waals surface area contributed by atoms with Crippen LogP contribution in [0.4, 0.5) is 5.69 Å². The van der Waals surface area contributed by atoms with E-state index in [0.717, 1.165) is 37.8 Å². The van der Waals surface area contributed by atoms with Crippen molar-refractivity contribution in [3.8, 4) is 0 Å². The van der Waals surface area contributed by atoms with E-state index in [9.17, 15) is 10.1 Å². The fourth-order valence-electron chi connectivity index (χ4n) is 2.56. The SMILES string of the molecule is CCCNC(Cc1ccccc1[N+](=O)[O-])C(C)CCC. The van der Waals surface area contributed by atoms with Gasteiger partial charge in [-0.05, 0) is 31.7 Å². The minimum Gasteiger partial charge on any atom is -0.313 e. The lowest BCUT2D eigenvalue weighted by Gasteiger charge is -2.25. The van der Waals surface area contributed by atoms with Gasteiger partial charge in [-0.1, -0.05) is 45.4 Å². The molecule has 2 unspecified atom stereocenters. The Balaban J connectivity index is 2.85. The van der Waals surface area contributed by atoms with E-state index in [2.05, 4.69) is 26.1 Å². The van der Waals surface area contributed by atoms with Gasteiger partial charge in [0.25, 0.3) is 5.69 Å². The summed E-state index contributed by atoms with van der Waals surface area (Å²) >= 11 is 0. The summed E-state index contributed by atoms with van der Waals surface area (Å²) in [5.41, 5.74) is 1.06. The van der Waals surface area contributed by atoms with Gasteiger partial charge in [0, 0.05) is 17.7 Å². The molecule has 20 heavy (non-hydrogen) atoms. The molecule has 0 radical (unpaired) electrons. The average molecular weight is 278 g/mol. The first-order chi connectivity index (χ1) is 9.60. The van der Waals surface area contributed by atoms with Gasteiger partial charge in [-0.2, -0.15) is 0 Å². The third-order valence-electron chi connectivity index (χ3n) is 3.72. The Morgan fingerprint density at radius 2 is 1.95 bits per heavy atom. The normalized spacial score (nSPS) is 13.9. The van der Waals surface area contributed by atoms with Crippen LogP contribution in [0, 0.1) is 16.0 Å². The molecule has 0 aliphatic rings. The second-order valence-corrected chi connectivity index (χ2v) is 5.42. The zero-order chi connectivity index (χ0) is 15.0. The number of hydrogen-bond donors (Lipinski definition) is 1. The maximum Gasteiger partial charge on any atom is 0.272 e. The average Bonchev–Trinajstić information content (AvgIpc) is 2.43. The van der Waals surface area contributed by atoms with Crippen molar-refractivity contribution in [2.45, 2.75) is 52.5 Å². The minimum absolute atomic E-state index is 0.236. The zero-order valence-corrected chi connectivity index (χ0v) is 12.8. The van der Waals surface area contributed by atoms with Crippen LogP contribution in [-0.2, 0) is 6.42 Å². The second kappa shape index (κ2) is 8.69. The highest BCUT2D eigenvalue weighted by Crippen LogP contribution is 2.22. The summed E-state index contributed by atoms with van der Waals surface area (Å²) in [5, 5.41) is 14.6. The van der Waals surface area contributed by atoms with Crippen LogP contribution >= 0.6 is 0 Å². The minimum atomic E-state index is -0.281. The number of rotatable bonds is 9. The molecular formula is C16H26N2O2. The molecule has 0 spiro atoms. The number of benzene rings is 1. The molecule has 2 atom stereocenters. The smallest absolute Gasteiger partial charge is 0.272 e. The Bertz CT molecular complexity index is 421. The summed E-state index contributed by atoms with van der Waals surface area (Å²) in [6.07, 6.45) is 4.08. The van der Waals surface area contributed by atoms with E-state index >= 15 is 0 Å². The van der Waals surface area contributed by atoms with E-state index in [1.807, 2.05) is 12.1 Å². The van der Waals surface area contributed by atoms with E-state index < -0.39 is 0 Å². The Morgan fingerprint density at radius 3 is 2.55 bits per heavy atom. The molecule has 0 heterocycles. The lowest BCUT2D eigenvalue weighted by atomic mass is 9.91. The summed E-state index contributed by atoms with van der Waals surface area (Å²) in [5.74, 6) is 0.520. The number of nitro benzene ring substituents is 1. The van der Waals surface area contributed by atoms with Gasteiger partial charge in [-0.3, -0.25) is 10.1 Å². The van der Waals surface area contributed by atoms with E-state index in [0.29, 0.717) is 12.0 Å². The molecule has 4 heteroatoms. The first-order valence-electron chi connectivity index (χ1n) is 7.55. The van der Waals surface area contributed by atoms with Crippen LogP contribution in [0.3, 0.4) is 0 Å². The second-order valence-electron chi connectivity index (χ2n) is 5.42. The number of nitrogens with one attached hydrogen (secondary N) is 1. The molecule has 1 aromatic carbocycles. The van der Waals surface area contributed by atoms with Crippen LogP contribution in [0.1, 0.15) is 45.6 Å². The first kappa shape index (κ1) is 16.6. The summed E-state index contributed by atoms with van der Waals surface area (Å²) < 4.78 is 0. The Labute approximate surface area is 121 Å². The molecule has 0 fully saturated rings. The van der Waals surface area contributed by atoms with Crippen LogP contribution in [0.5, 0.6) is 0 Å².